The second-order valence-corrected chi connectivity index (χ2v) is 7.38. The zero-order chi connectivity index (χ0) is 22.8. The molecule has 0 bridgehead atoms. The van der Waals surface area contributed by atoms with Crippen LogP contribution in [0.3, 0.4) is 0 Å². The normalized spacial score (nSPS) is 10.6. The van der Waals surface area contributed by atoms with E-state index in [0.29, 0.717) is 17.9 Å². The summed E-state index contributed by atoms with van der Waals surface area (Å²) in [6.45, 7) is 4.47. The highest BCUT2D eigenvalue weighted by molar-refractivity contribution is 6.11. The fourth-order valence-electron chi connectivity index (χ4n) is 3.36. The van der Waals surface area contributed by atoms with E-state index < -0.39 is 17.2 Å². The Kier molecular flexibility index (Phi) is 9.29. The van der Waals surface area contributed by atoms with Gasteiger partial charge in [-0.3, -0.25) is 14.2 Å². The molecule has 2 rings (SSSR count). The quantitative estimate of drug-likeness (QED) is 0.407. The largest absolute Gasteiger partial charge is 0.494 e. The number of unbranched alkanes of at least 4 members (excludes halogenated alkanes) is 4. The van der Waals surface area contributed by atoms with Crippen LogP contribution in [0.25, 0.3) is 0 Å². The number of ether oxygens (including phenoxy) is 2. The van der Waals surface area contributed by atoms with Gasteiger partial charge in [0.05, 0.1) is 25.3 Å². The molecule has 31 heavy (non-hydrogen) atoms. The molecule has 0 saturated heterocycles. The number of ketones is 1. The van der Waals surface area contributed by atoms with Gasteiger partial charge in [0.25, 0.3) is 5.56 Å². The second kappa shape index (κ2) is 11.9. The number of pyridine rings is 1. The molecule has 7 heteroatoms. The molecule has 1 N–H and O–H groups in total. The van der Waals surface area contributed by atoms with Gasteiger partial charge in [0.15, 0.2) is 5.78 Å². The van der Waals surface area contributed by atoms with Gasteiger partial charge >= 0.3 is 0 Å². The Bertz CT molecular complexity index is 987. The number of nitrogens with zero attached hydrogens (tertiary/aromatic N) is 2. The second-order valence-electron chi connectivity index (χ2n) is 7.38. The topological polar surface area (TPSA) is 102 Å². The van der Waals surface area contributed by atoms with Crippen LogP contribution >= 0.6 is 0 Å². The monoisotopic (exact) mass is 426 g/mol. The molecule has 1 aromatic carbocycles. The summed E-state index contributed by atoms with van der Waals surface area (Å²) in [5, 5.41) is 20.0. The fourth-order valence-corrected chi connectivity index (χ4v) is 3.36. The maximum atomic E-state index is 13.1. The molecule has 0 fully saturated rings. The summed E-state index contributed by atoms with van der Waals surface area (Å²) in [6.07, 6.45) is 5.74. The molecule has 2 aromatic rings. The molecule has 1 aromatic heterocycles. The lowest BCUT2D eigenvalue weighted by Gasteiger charge is -2.15. The predicted octanol–water partition coefficient (Wildman–Crippen LogP) is 3.96. The SMILES string of the molecule is CCCCCCCOc1ccc(C(=O)c2c(C)c(C#N)c(=O)n(CCOC)c2O)cc1. The molecule has 0 saturated carbocycles. The van der Waals surface area contributed by atoms with Crippen LogP contribution in [0.5, 0.6) is 11.6 Å². The van der Waals surface area contributed by atoms with Gasteiger partial charge in [-0.25, -0.2) is 0 Å². The van der Waals surface area contributed by atoms with E-state index in [0.717, 1.165) is 17.4 Å². The summed E-state index contributed by atoms with van der Waals surface area (Å²) in [5.74, 6) is -0.268. The summed E-state index contributed by atoms with van der Waals surface area (Å²) in [5.41, 5.74) is -0.378. The van der Waals surface area contributed by atoms with Gasteiger partial charge in [-0.05, 0) is 43.2 Å². The first-order chi connectivity index (χ1) is 15.0. The van der Waals surface area contributed by atoms with E-state index in [4.69, 9.17) is 9.47 Å². The Morgan fingerprint density at radius 2 is 1.81 bits per heavy atom. The van der Waals surface area contributed by atoms with Gasteiger partial charge in [0.2, 0.25) is 5.88 Å². The zero-order valence-corrected chi connectivity index (χ0v) is 18.4. The van der Waals surface area contributed by atoms with E-state index in [1.807, 2.05) is 6.07 Å². The standard InChI is InChI=1S/C24H30N2O5/c1-4-5-6-7-8-14-31-19-11-9-18(10-12-19)22(27)21-17(2)20(16-25)23(28)26(24(21)29)13-15-30-3/h9-12,29H,4-8,13-15H2,1-3H3. The van der Waals surface area contributed by atoms with Gasteiger partial charge in [0.1, 0.15) is 17.4 Å². The Hall–Kier alpha value is -3.11. The van der Waals surface area contributed by atoms with E-state index in [1.54, 1.807) is 24.3 Å². The van der Waals surface area contributed by atoms with Crippen LogP contribution in [-0.4, -0.2) is 35.8 Å². The van der Waals surface area contributed by atoms with Crippen molar-refractivity contribution in [1.29, 1.82) is 5.26 Å². The average Bonchev–Trinajstić information content (AvgIpc) is 2.76. The van der Waals surface area contributed by atoms with Crippen LogP contribution in [0, 0.1) is 18.3 Å². The summed E-state index contributed by atoms with van der Waals surface area (Å²) >= 11 is 0. The van der Waals surface area contributed by atoms with Crippen molar-refractivity contribution in [1.82, 2.24) is 4.57 Å². The number of hydrogen-bond donors (Lipinski definition) is 1. The van der Waals surface area contributed by atoms with Crippen molar-refractivity contribution in [3.8, 4) is 17.7 Å². The Morgan fingerprint density at radius 1 is 1.13 bits per heavy atom. The molecular weight excluding hydrogens is 396 g/mol. The molecule has 1 heterocycles. The van der Waals surface area contributed by atoms with Crippen molar-refractivity contribution in [2.75, 3.05) is 20.3 Å². The number of carbonyl (C=O) groups is 1. The van der Waals surface area contributed by atoms with Gasteiger partial charge < -0.3 is 14.6 Å². The van der Waals surface area contributed by atoms with Gasteiger partial charge in [0, 0.05) is 12.7 Å². The third-order valence-corrected chi connectivity index (χ3v) is 5.18. The van der Waals surface area contributed by atoms with E-state index in [9.17, 15) is 20.0 Å². The summed E-state index contributed by atoms with van der Waals surface area (Å²) in [4.78, 5) is 25.6. The minimum atomic E-state index is -0.645. The molecule has 0 atom stereocenters. The number of methoxy groups -OCH3 is 1. The highest BCUT2D eigenvalue weighted by atomic mass is 16.5. The third-order valence-electron chi connectivity index (χ3n) is 5.18. The number of aromatic nitrogens is 1. The predicted molar refractivity (Wildman–Crippen MR) is 118 cm³/mol. The van der Waals surface area contributed by atoms with Crippen LogP contribution in [0.15, 0.2) is 29.1 Å². The molecular formula is C24H30N2O5. The Labute approximate surface area is 182 Å². The number of rotatable bonds is 12. The van der Waals surface area contributed by atoms with Crippen LogP contribution in [0.2, 0.25) is 0 Å². The number of hydrogen-bond acceptors (Lipinski definition) is 6. The minimum Gasteiger partial charge on any atom is -0.494 e. The van der Waals surface area contributed by atoms with Gasteiger partial charge in [-0.2, -0.15) is 5.26 Å². The van der Waals surface area contributed by atoms with E-state index in [1.165, 1.54) is 33.3 Å². The molecule has 0 unspecified atom stereocenters. The lowest BCUT2D eigenvalue weighted by Crippen LogP contribution is -2.28. The molecule has 0 aliphatic rings. The first-order valence-electron chi connectivity index (χ1n) is 10.6. The highest BCUT2D eigenvalue weighted by Crippen LogP contribution is 2.26. The number of benzene rings is 1. The lowest BCUT2D eigenvalue weighted by atomic mass is 9.97. The van der Waals surface area contributed by atoms with Crippen molar-refractivity contribution in [3.05, 3.63) is 56.9 Å². The van der Waals surface area contributed by atoms with Gasteiger partial charge in [-0.1, -0.05) is 32.6 Å². The lowest BCUT2D eigenvalue weighted by molar-refractivity contribution is 0.103. The van der Waals surface area contributed by atoms with Crippen LogP contribution in [0.4, 0.5) is 0 Å². The van der Waals surface area contributed by atoms with Crippen molar-refractivity contribution in [3.63, 3.8) is 0 Å². The summed E-state index contributed by atoms with van der Waals surface area (Å²) in [7, 11) is 1.46. The molecule has 0 aliphatic heterocycles. The van der Waals surface area contributed by atoms with E-state index in [2.05, 4.69) is 6.92 Å². The Balaban J connectivity index is 2.22. The van der Waals surface area contributed by atoms with Crippen molar-refractivity contribution in [2.45, 2.75) is 52.5 Å². The van der Waals surface area contributed by atoms with E-state index in [-0.39, 0.29) is 29.8 Å². The summed E-state index contributed by atoms with van der Waals surface area (Å²) < 4.78 is 11.7. The number of nitriles is 1. The van der Waals surface area contributed by atoms with Crippen molar-refractivity contribution < 1.29 is 19.4 Å². The van der Waals surface area contributed by atoms with Crippen molar-refractivity contribution in [2.24, 2.45) is 0 Å². The number of carbonyl (C=O) groups excluding carboxylic acids is 1. The molecule has 0 aliphatic carbocycles. The van der Waals surface area contributed by atoms with E-state index >= 15 is 0 Å². The fraction of sp³-hybridized carbons (Fsp3) is 0.458. The van der Waals surface area contributed by atoms with Crippen LogP contribution in [0.1, 0.15) is 66.1 Å². The molecule has 0 spiro atoms. The molecule has 0 amide bonds. The highest BCUT2D eigenvalue weighted by Gasteiger charge is 2.24. The maximum Gasteiger partial charge on any atom is 0.271 e. The maximum absolute atomic E-state index is 13.1. The first kappa shape index (κ1) is 24.2. The van der Waals surface area contributed by atoms with Crippen LogP contribution < -0.4 is 10.3 Å². The Morgan fingerprint density at radius 3 is 2.42 bits per heavy atom. The third kappa shape index (κ3) is 5.96. The van der Waals surface area contributed by atoms with Crippen molar-refractivity contribution >= 4 is 5.78 Å². The zero-order valence-electron chi connectivity index (χ0n) is 18.4. The average molecular weight is 427 g/mol. The van der Waals surface area contributed by atoms with Crippen LogP contribution in [-0.2, 0) is 11.3 Å². The molecule has 7 nitrogen and oxygen atoms in total. The van der Waals surface area contributed by atoms with Gasteiger partial charge in [-0.15, -0.1) is 0 Å². The summed E-state index contributed by atoms with van der Waals surface area (Å²) in [6, 6.07) is 8.49. The molecule has 166 valence electrons. The smallest absolute Gasteiger partial charge is 0.271 e. The minimum absolute atomic E-state index is 0.0292. The number of aromatic hydroxyl groups is 1. The first-order valence-corrected chi connectivity index (χ1v) is 10.6. The molecule has 0 radical (unpaired) electrons.